The minimum absolute atomic E-state index is 0.00286. The van der Waals surface area contributed by atoms with Gasteiger partial charge in [0.05, 0.1) is 5.52 Å². The van der Waals surface area contributed by atoms with Crippen molar-refractivity contribution in [1.29, 1.82) is 0 Å². The van der Waals surface area contributed by atoms with E-state index in [2.05, 4.69) is 20.0 Å². The average Bonchev–Trinajstić information content (AvgIpc) is 2.95. The van der Waals surface area contributed by atoms with Crippen LogP contribution >= 0.6 is 0 Å². The van der Waals surface area contributed by atoms with E-state index in [1.807, 2.05) is 0 Å². The number of aromatic amines is 1. The molecule has 1 amide bonds. The number of nitrogens with one attached hydrogen (secondary N) is 1. The van der Waals surface area contributed by atoms with E-state index in [-0.39, 0.29) is 11.7 Å². The van der Waals surface area contributed by atoms with Crippen LogP contribution in [0.2, 0.25) is 0 Å². The van der Waals surface area contributed by atoms with Crippen molar-refractivity contribution in [1.82, 2.24) is 20.0 Å². The molecule has 1 aromatic carbocycles. The second-order valence-corrected chi connectivity index (χ2v) is 6.74. The number of benzene rings is 1. The Morgan fingerprint density at radius 3 is 3.18 bits per heavy atom. The van der Waals surface area contributed by atoms with Crippen molar-refractivity contribution in [2.24, 2.45) is 5.92 Å². The van der Waals surface area contributed by atoms with Gasteiger partial charge in [0.2, 0.25) is 0 Å². The molecule has 5 rings (SSSR count). The third kappa shape index (κ3) is 1.61. The fraction of sp³-hybridized carbons (Fsp3) is 0.500. The van der Waals surface area contributed by atoms with E-state index in [0.29, 0.717) is 34.6 Å². The number of rotatable bonds is 1. The lowest BCUT2D eigenvalue weighted by Crippen LogP contribution is -2.58. The molecule has 3 aliphatic rings. The van der Waals surface area contributed by atoms with E-state index < -0.39 is 0 Å². The van der Waals surface area contributed by atoms with Crippen molar-refractivity contribution in [3.8, 4) is 0 Å². The van der Waals surface area contributed by atoms with E-state index >= 15 is 0 Å². The maximum absolute atomic E-state index is 13.3. The molecule has 3 bridgehead atoms. The molecule has 0 spiro atoms. The molecule has 4 atom stereocenters. The number of aromatic nitrogens is 2. The smallest absolute Gasteiger partial charge is 0.275 e. The highest BCUT2D eigenvalue weighted by atomic mass is 19.1. The van der Waals surface area contributed by atoms with E-state index in [1.54, 1.807) is 6.07 Å². The first-order valence-corrected chi connectivity index (χ1v) is 7.89. The van der Waals surface area contributed by atoms with Crippen LogP contribution < -0.4 is 0 Å². The molecule has 0 saturated carbocycles. The zero-order valence-electron chi connectivity index (χ0n) is 12.1. The lowest BCUT2D eigenvalue weighted by atomic mass is 9.93. The summed E-state index contributed by atoms with van der Waals surface area (Å²) >= 11 is 0. The van der Waals surface area contributed by atoms with Crippen LogP contribution in [0.1, 0.15) is 23.3 Å². The Kier molecular flexibility index (Phi) is 2.45. The van der Waals surface area contributed by atoms with Crippen LogP contribution in [0.3, 0.4) is 0 Å². The Balaban J connectivity index is 1.54. The lowest BCUT2D eigenvalue weighted by Gasteiger charge is -2.44. The number of carbonyl (C=O) groups excluding carboxylic acids is 1. The van der Waals surface area contributed by atoms with E-state index in [4.69, 9.17) is 0 Å². The van der Waals surface area contributed by atoms with Crippen LogP contribution in [0.5, 0.6) is 0 Å². The summed E-state index contributed by atoms with van der Waals surface area (Å²) in [5, 5.41) is 7.67. The van der Waals surface area contributed by atoms with Gasteiger partial charge >= 0.3 is 0 Å². The SMILES string of the molecule is O=C(c1n[nH]c2cc(F)ccc12)N1C2CN3CC[C@H]2C[C@H]1C3. The van der Waals surface area contributed by atoms with Gasteiger partial charge < -0.3 is 4.90 Å². The van der Waals surface area contributed by atoms with E-state index in [9.17, 15) is 9.18 Å². The highest BCUT2D eigenvalue weighted by molar-refractivity contribution is 6.05. The normalized spacial score (nSPS) is 32.9. The first kappa shape index (κ1) is 12.6. The van der Waals surface area contributed by atoms with E-state index in [1.165, 1.54) is 25.1 Å². The molecule has 3 fully saturated rings. The maximum atomic E-state index is 13.3. The summed E-state index contributed by atoms with van der Waals surface area (Å²) in [6, 6.07) is 5.05. The molecule has 4 heterocycles. The Bertz CT molecular complexity index is 769. The molecule has 3 saturated heterocycles. The molecule has 2 aromatic rings. The monoisotopic (exact) mass is 300 g/mol. The third-order valence-electron chi connectivity index (χ3n) is 5.56. The molecule has 1 N–H and O–H groups in total. The minimum atomic E-state index is -0.321. The van der Waals surface area contributed by atoms with Gasteiger partial charge in [0.15, 0.2) is 5.69 Å². The number of nitrogens with zero attached hydrogens (tertiary/aromatic N) is 3. The molecule has 0 radical (unpaired) electrons. The van der Waals surface area contributed by atoms with Crippen LogP contribution in [0.15, 0.2) is 18.2 Å². The quantitative estimate of drug-likeness (QED) is 0.871. The number of H-pyrrole nitrogens is 1. The van der Waals surface area contributed by atoms with Gasteiger partial charge in [0, 0.05) is 30.6 Å². The number of fused-ring (bicyclic) bond motifs is 3. The second kappa shape index (κ2) is 4.29. The molecular weight excluding hydrogens is 283 g/mol. The highest BCUT2D eigenvalue weighted by Crippen LogP contribution is 2.41. The molecule has 3 aliphatic heterocycles. The lowest BCUT2D eigenvalue weighted by molar-refractivity contribution is 0.0258. The largest absolute Gasteiger partial charge is 0.328 e. The van der Waals surface area contributed by atoms with E-state index in [0.717, 1.165) is 19.5 Å². The molecule has 1 aromatic heterocycles. The van der Waals surface area contributed by atoms with Gasteiger partial charge in [-0.1, -0.05) is 0 Å². The van der Waals surface area contributed by atoms with Gasteiger partial charge in [0.1, 0.15) is 5.82 Å². The molecular formula is C16H17FN4O. The highest BCUT2D eigenvalue weighted by Gasteiger charge is 2.51. The van der Waals surface area contributed by atoms with Crippen molar-refractivity contribution in [3.63, 3.8) is 0 Å². The summed E-state index contributed by atoms with van der Waals surface area (Å²) in [6.45, 7) is 3.14. The van der Waals surface area contributed by atoms with Crippen LogP contribution in [0, 0.1) is 11.7 Å². The summed E-state index contributed by atoms with van der Waals surface area (Å²) in [4.78, 5) is 17.6. The standard InChI is InChI=1S/C16H17FN4O/c17-10-1-2-12-13(6-10)18-19-15(12)16(22)21-11-5-9-3-4-20(7-11)8-14(9)21/h1-2,6,9,11,14H,3-5,7-8H2,(H,18,19)/t9-,11-,14?/m0/s1. The Hall–Kier alpha value is -1.95. The van der Waals surface area contributed by atoms with Gasteiger partial charge in [-0.25, -0.2) is 4.39 Å². The van der Waals surface area contributed by atoms with Crippen LogP contribution in [0.25, 0.3) is 10.9 Å². The summed E-state index contributed by atoms with van der Waals surface area (Å²) < 4.78 is 13.3. The number of piperazine rings is 1. The van der Waals surface area contributed by atoms with Crippen molar-refractivity contribution in [3.05, 3.63) is 29.7 Å². The fourth-order valence-electron chi connectivity index (χ4n) is 4.59. The number of hydrogen-bond donors (Lipinski definition) is 1. The Labute approximate surface area is 127 Å². The van der Waals surface area contributed by atoms with Gasteiger partial charge in [-0.3, -0.25) is 14.8 Å². The second-order valence-electron chi connectivity index (χ2n) is 6.74. The predicted molar refractivity (Wildman–Crippen MR) is 79.0 cm³/mol. The predicted octanol–water partition coefficient (Wildman–Crippen LogP) is 1.62. The summed E-state index contributed by atoms with van der Waals surface area (Å²) in [5.41, 5.74) is 1.01. The average molecular weight is 300 g/mol. The topological polar surface area (TPSA) is 52.2 Å². The van der Waals surface area contributed by atoms with Crippen LogP contribution in [-0.4, -0.2) is 57.6 Å². The molecule has 114 valence electrons. The number of piperidine rings is 1. The van der Waals surface area contributed by atoms with Crippen LogP contribution in [-0.2, 0) is 0 Å². The van der Waals surface area contributed by atoms with Crippen molar-refractivity contribution >= 4 is 16.8 Å². The number of hydrogen-bond acceptors (Lipinski definition) is 3. The molecule has 0 aliphatic carbocycles. The van der Waals surface area contributed by atoms with Gasteiger partial charge in [-0.05, 0) is 43.5 Å². The van der Waals surface area contributed by atoms with Crippen molar-refractivity contribution in [2.45, 2.75) is 24.9 Å². The third-order valence-corrected chi connectivity index (χ3v) is 5.56. The van der Waals surface area contributed by atoms with Crippen LogP contribution in [0.4, 0.5) is 4.39 Å². The first-order chi connectivity index (χ1) is 10.7. The van der Waals surface area contributed by atoms with Gasteiger partial charge in [-0.15, -0.1) is 0 Å². The zero-order chi connectivity index (χ0) is 14.8. The summed E-state index contributed by atoms with van der Waals surface area (Å²) in [7, 11) is 0. The molecule has 2 unspecified atom stereocenters. The Morgan fingerprint density at radius 2 is 2.27 bits per heavy atom. The fourth-order valence-corrected chi connectivity index (χ4v) is 4.59. The Morgan fingerprint density at radius 1 is 1.36 bits per heavy atom. The molecule has 6 heteroatoms. The molecule has 5 nitrogen and oxygen atoms in total. The number of carbonyl (C=O) groups is 1. The number of amides is 1. The van der Waals surface area contributed by atoms with Gasteiger partial charge in [0.25, 0.3) is 5.91 Å². The van der Waals surface area contributed by atoms with Crippen molar-refractivity contribution < 1.29 is 9.18 Å². The van der Waals surface area contributed by atoms with Gasteiger partial charge in [-0.2, -0.15) is 5.10 Å². The van der Waals surface area contributed by atoms with Crippen molar-refractivity contribution in [2.75, 3.05) is 19.6 Å². The summed E-state index contributed by atoms with van der Waals surface area (Å²) in [5.74, 6) is 0.311. The molecule has 22 heavy (non-hydrogen) atoms. The maximum Gasteiger partial charge on any atom is 0.275 e. The zero-order valence-corrected chi connectivity index (χ0v) is 12.1. The minimum Gasteiger partial charge on any atom is -0.328 e. The first-order valence-electron chi connectivity index (χ1n) is 7.89. The number of halogens is 1. The summed E-state index contributed by atoms with van der Waals surface area (Å²) in [6.07, 6.45) is 2.31.